The van der Waals surface area contributed by atoms with Gasteiger partial charge in [0.1, 0.15) is 11.9 Å². The molecule has 2 unspecified atom stereocenters. The molecule has 0 spiro atoms. The zero-order valence-corrected chi connectivity index (χ0v) is 26.0. The molecule has 0 saturated carbocycles. The number of rotatable bonds is 8. The lowest BCUT2D eigenvalue weighted by Crippen LogP contribution is -2.63. The third kappa shape index (κ3) is 6.05. The summed E-state index contributed by atoms with van der Waals surface area (Å²) in [7, 11) is 2.08. The van der Waals surface area contributed by atoms with Crippen LogP contribution in [0.3, 0.4) is 0 Å². The van der Waals surface area contributed by atoms with E-state index in [1.54, 1.807) is 0 Å². The first-order valence-corrected chi connectivity index (χ1v) is 14.2. The minimum absolute atomic E-state index is 0.0179. The molecule has 0 aliphatic carbocycles. The molecule has 1 heterocycles. The molecular weight excluding hydrogens is 478 g/mol. The molecule has 216 valence electrons. The van der Waals surface area contributed by atoms with Gasteiger partial charge in [0.2, 0.25) is 0 Å². The summed E-state index contributed by atoms with van der Waals surface area (Å²) in [5, 5.41) is 21.8. The zero-order valence-electron chi connectivity index (χ0n) is 26.0. The molecule has 2 N–H and O–H groups in total. The number of piperidine rings is 1. The third-order valence-corrected chi connectivity index (χ3v) is 9.36. The summed E-state index contributed by atoms with van der Waals surface area (Å²) in [6, 6.07) is 3.76. The Kier molecular flexibility index (Phi) is 9.15. The van der Waals surface area contributed by atoms with Gasteiger partial charge in [-0.15, -0.1) is 0 Å². The molecule has 1 aromatic rings. The van der Waals surface area contributed by atoms with Crippen molar-refractivity contribution in [2.24, 2.45) is 10.8 Å². The molecule has 0 radical (unpaired) electrons. The predicted octanol–water partition coefficient (Wildman–Crippen LogP) is 6.84. The number of unbranched alkanes of at least 4 members (excludes halogenated alkanes) is 1. The fraction of sp³-hybridized carbons (Fsp3) is 0.750. The SMILES string of the molecule is CCCCC(Cc1cc(C(C)(C)C)c(O)c(C(C)(C)C)c1)(C(=O)O)C(=O)OC1CCN(C)C(C)(C)C1(C)C. The smallest absolute Gasteiger partial charge is 0.324 e. The van der Waals surface area contributed by atoms with E-state index in [0.717, 1.165) is 29.7 Å². The van der Waals surface area contributed by atoms with E-state index in [4.69, 9.17) is 4.74 Å². The molecule has 38 heavy (non-hydrogen) atoms. The van der Waals surface area contributed by atoms with E-state index in [2.05, 4.69) is 39.6 Å². The van der Waals surface area contributed by atoms with Crippen molar-refractivity contribution in [3.63, 3.8) is 0 Å². The minimum atomic E-state index is -1.71. The van der Waals surface area contributed by atoms with Crippen LogP contribution in [0.4, 0.5) is 0 Å². The number of carboxylic acid groups (broad SMARTS) is 1. The zero-order chi connectivity index (χ0) is 29.5. The van der Waals surface area contributed by atoms with Gasteiger partial charge in [-0.1, -0.05) is 87.3 Å². The number of likely N-dealkylation sites (tertiary alicyclic amines) is 1. The highest BCUT2D eigenvalue weighted by molar-refractivity contribution is 5.99. The van der Waals surface area contributed by atoms with E-state index in [1.807, 2.05) is 60.6 Å². The maximum atomic E-state index is 14.0. The number of hydrogen-bond donors (Lipinski definition) is 2. The van der Waals surface area contributed by atoms with E-state index in [0.29, 0.717) is 12.8 Å². The van der Waals surface area contributed by atoms with Gasteiger partial charge >= 0.3 is 11.9 Å². The van der Waals surface area contributed by atoms with Crippen molar-refractivity contribution in [1.29, 1.82) is 0 Å². The molecule has 0 aromatic heterocycles. The van der Waals surface area contributed by atoms with Crippen molar-refractivity contribution < 1.29 is 24.5 Å². The van der Waals surface area contributed by atoms with Crippen LogP contribution in [0, 0.1) is 10.8 Å². The Morgan fingerprint density at radius 3 is 1.95 bits per heavy atom. The molecule has 1 saturated heterocycles. The molecule has 1 fully saturated rings. The van der Waals surface area contributed by atoms with Gasteiger partial charge in [0.15, 0.2) is 5.41 Å². The molecule has 0 amide bonds. The summed E-state index contributed by atoms with van der Waals surface area (Å²) >= 11 is 0. The highest BCUT2D eigenvalue weighted by atomic mass is 16.5. The van der Waals surface area contributed by atoms with E-state index in [1.165, 1.54) is 0 Å². The van der Waals surface area contributed by atoms with Gasteiger partial charge in [-0.25, -0.2) is 0 Å². The van der Waals surface area contributed by atoms with Crippen molar-refractivity contribution in [3.05, 3.63) is 28.8 Å². The fourth-order valence-corrected chi connectivity index (χ4v) is 5.58. The van der Waals surface area contributed by atoms with Gasteiger partial charge in [-0.05, 0) is 67.7 Å². The highest BCUT2D eigenvalue weighted by Gasteiger charge is 2.54. The molecule has 2 rings (SSSR count). The van der Waals surface area contributed by atoms with Gasteiger partial charge in [-0.3, -0.25) is 9.59 Å². The summed E-state index contributed by atoms with van der Waals surface area (Å²) in [6.07, 6.45) is 1.85. The Labute approximate surface area is 231 Å². The van der Waals surface area contributed by atoms with Crippen LogP contribution in [0.25, 0.3) is 0 Å². The van der Waals surface area contributed by atoms with E-state index < -0.39 is 23.5 Å². The number of esters is 1. The molecule has 6 heteroatoms. The normalized spacial score (nSPS) is 21.5. The molecule has 1 aromatic carbocycles. The number of ether oxygens (including phenoxy) is 1. The van der Waals surface area contributed by atoms with Crippen LogP contribution in [0.2, 0.25) is 0 Å². The van der Waals surface area contributed by atoms with Crippen molar-refractivity contribution in [2.75, 3.05) is 13.6 Å². The van der Waals surface area contributed by atoms with Crippen LogP contribution in [-0.4, -0.2) is 52.3 Å². The Balaban J connectivity index is 2.63. The molecule has 2 atom stereocenters. The van der Waals surface area contributed by atoms with E-state index in [9.17, 15) is 19.8 Å². The number of nitrogens with zero attached hydrogens (tertiary/aromatic N) is 1. The lowest BCUT2D eigenvalue weighted by atomic mass is 9.66. The van der Waals surface area contributed by atoms with Crippen LogP contribution in [-0.2, 0) is 31.6 Å². The number of benzene rings is 1. The maximum absolute atomic E-state index is 14.0. The van der Waals surface area contributed by atoms with Crippen LogP contribution >= 0.6 is 0 Å². The van der Waals surface area contributed by atoms with E-state index >= 15 is 0 Å². The second kappa shape index (κ2) is 10.8. The number of hydrogen-bond acceptors (Lipinski definition) is 5. The molecule has 1 aliphatic heterocycles. The van der Waals surface area contributed by atoms with Gasteiger partial charge in [0.05, 0.1) is 0 Å². The topological polar surface area (TPSA) is 87.1 Å². The largest absolute Gasteiger partial charge is 0.507 e. The molecule has 0 bridgehead atoms. The summed E-state index contributed by atoms with van der Waals surface area (Å²) in [5.41, 5.74) is -0.799. The molecule has 1 aliphatic rings. The first kappa shape index (κ1) is 32.1. The van der Waals surface area contributed by atoms with Gasteiger partial charge in [-0.2, -0.15) is 0 Å². The van der Waals surface area contributed by atoms with Gasteiger partial charge in [0.25, 0.3) is 0 Å². The van der Waals surface area contributed by atoms with Gasteiger partial charge < -0.3 is 19.8 Å². The first-order valence-electron chi connectivity index (χ1n) is 14.2. The van der Waals surface area contributed by atoms with Crippen LogP contribution in [0.1, 0.15) is 119 Å². The number of aromatic hydroxyl groups is 1. The Morgan fingerprint density at radius 2 is 1.53 bits per heavy atom. The second-order valence-corrected chi connectivity index (χ2v) is 14.6. The second-order valence-electron chi connectivity index (χ2n) is 14.6. The first-order chi connectivity index (χ1) is 17.1. The van der Waals surface area contributed by atoms with Gasteiger partial charge in [0, 0.05) is 17.5 Å². The molecule has 6 nitrogen and oxygen atoms in total. The average Bonchev–Trinajstić information content (AvgIpc) is 2.76. The highest BCUT2D eigenvalue weighted by Crippen LogP contribution is 2.46. The summed E-state index contributed by atoms with van der Waals surface area (Å²) < 4.78 is 6.21. The van der Waals surface area contributed by atoms with E-state index in [-0.39, 0.29) is 40.4 Å². The number of carbonyl (C=O) groups is 2. The lowest BCUT2D eigenvalue weighted by molar-refractivity contribution is -0.188. The number of carbonyl (C=O) groups excluding carboxylic acids is 1. The van der Waals surface area contributed by atoms with Crippen molar-refractivity contribution in [1.82, 2.24) is 4.90 Å². The average molecular weight is 532 g/mol. The minimum Gasteiger partial charge on any atom is -0.507 e. The summed E-state index contributed by atoms with van der Waals surface area (Å²) in [5.74, 6) is -1.57. The van der Waals surface area contributed by atoms with Crippen molar-refractivity contribution in [3.8, 4) is 5.75 Å². The quantitative estimate of drug-likeness (QED) is 0.282. The van der Waals surface area contributed by atoms with Crippen LogP contribution in [0.5, 0.6) is 5.75 Å². The van der Waals surface area contributed by atoms with Crippen LogP contribution in [0.15, 0.2) is 12.1 Å². The van der Waals surface area contributed by atoms with Crippen LogP contribution < -0.4 is 0 Å². The standard InChI is InChI=1S/C32H53NO5/c1-13-14-16-32(26(35)36,27(37)38-24-15-17-33(12)31(10,11)30(24,8)9)20-21-18-22(28(2,3)4)25(34)23(19-21)29(5,6)7/h18-19,24,34H,13-17,20H2,1-12H3,(H,35,36). The fourth-order valence-electron chi connectivity index (χ4n) is 5.58. The third-order valence-electron chi connectivity index (χ3n) is 9.36. The Hall–Kier alpha value is -2.08. The number of carboxylic acids is 1. The number of aliphatic carboxylic acids is 1. The van der Waals surface area contributed by atoms with Crippen molar-refractivity contribution >= 4 is 11.9 Å². The number of phenolic OH excluding ortho intramolecular Hbond substituents is 1. The van der Waals surface area contributed by atoms with Crippen molar-refractivity contribution in [2.45, 2.75) is 131 Å². The Bertz CT molecular complexity index is 992. The maximum Gasteiger partial charge on any atom is 0.324 e. The predicted molar refractivity (Wildman–Crippen MR) is 154 cm³/mol. The monoisotopic (exact) mass is 531 g/mol. The Morgan fingerprint density at radius 1 is 1.03 bits per heavy atom. The summed E-state index contributed by atoms with van der Waals surface area (Å²) in [6.45, 7) is 23.4. The number of phenols is 1. The molecular formula is C32H53NO5. The lowest BCUT2D eigenvalue weighted by Gasteiger charge is -2.55. The summed E-state index contributed by atoms with van der Waals surface area (Å²) in [4.78, 5) is 29.3.